The number of benzene rings is 1. The maximum Gasteiger partial charge on any atom is 0.252 e. The molecule has 0 saturated carbocycles. The zero-order chi connectivity index (χ0) is 15.8. The number of nitrogens with one attached hydrogen (secondary N) is 2. The van der Waals surface area contributed by atoms with Gasteiger partial charge in [0.2, 0.25) is 0 Å². The summed E-state index contributed by atoms with van der Waals surface area (Å²) >= 11 is 3.49. The second-order valence-corrected chi connectivity index (χ2v) is 5.88. The Bertz CT molecular complexity index is 631. The first-order valence-electron chi connectivity index (χ1n) is 7.45. The van der Waals surface area contributed by atoms with E-state index in [1.165, 1.54) is 0 Å². The van der Waals surface area contributed by atoms with Crippen molar-refractivity contribution in [3.05, 3.63) is 52.8 Å². The summed E-state index contributed by atoms with van der Waals surface area (Å²) in [6, 6.07) is 9.63. The summed E-state index contributed by atoms with van der Waals surface area (Å²) in [4.78, 5) is 16.2. The van der Waals surface area contributed by atoms with Crippen LogP contribution in [0, 0.1) is 0 Å². The van der Waals surface area contributed by atoms with Crippen molar-refractivity contribution < 1.29 is 4.79 Å². The van der Waals surface area contributed by atoms with Crippen LogP contribution in [-0.4, -0.2) is 17.4 Å². The number of hydrogen-bond donors (Lipinski definition) is 2. The van der Waals surface area contributed by atoms with E-state index in [0.29, 0.717) is 12.1 Å². The number of pyridine rings is 1. The Morgan fingerprint density at radius 2 is 2.05 bits per heavy atom. The van der Waals surface area contributed by atoms with Crippen molar-refractivity contribution in [1.82, 2.24) is 10.3 Å². The quantitative estimate of drug-likeness (QED) is 0.713. The van der Waals surface area contributed by atoms with E-state index in [0.717, 1.165) is 35.1 Å². The number of halogens is 1. The number of nitrogens with zero attached hydrogens (tertiary/aromatic N) is 1. The minimum atomic E-state index is -0.0839. The topological polar surface area (TPSA) is 54.0 Å². The van der Waals surface area contributed by atoms with Crippen molar-refractivity contribution in [2.45, 2.75) is 26.2 Å². The number of unbranched alkanes of at least 4 members (excludes halogenated alkanes) is 2. The van der Waals surface area contributed by atoms with E-state index in [9.17, 15) is 4.79 Å². The number of anilines is 2. The van der Waals surface area contributed by atoms with Crippen LogP contribution < -0.4 is 10.6 Å². The van der Waals surface area contributed by atoms with Crippen LogP contribution in [0.5, 0.6) is 0 Å². The number of hydrogen-bond acceptors (Lipinski definition) is 3. The molecule has 0 radical (unpaired) electrons. The molecular formula is C17H20BrN3O. The molecule has 0 fully saturated rings. The molecular weight excluding hydrogens is 342 g/mol. The third-order valence-electron chi connectivity index (χ3n) is 3.22. The number of para-hydroxylation sites is 1. The lowest BCUT2D eigenvalue weighted by molar-refractivity contribution is 0.0952. The number of carbonyl (C=O) groups is 1. The second-order valence-electron chi connectivity index (χ2n) is 5.03. The van der Waals surface area contributed by atoms with Crippen molar-refractivity contribution >= 4 is 33.2 Å². The van der Waals surface area contributed by atoms with E-state index in [-0.39, 0.29) is 5.91 Å². The molecule has 0 saturated heterocycles. The highest BCUT2D eigenvalue weighted by Gasteiger charge is 2.07. The molecule has 1 heterocycles. The molecule has 2 N–H and O–H groups in total. The monoisotopic (exact) mass is 361 g/mol. The van der Waals surface area contributed by atoms with Gasteiger partial charge in [-0.3, -0.25) is 9.78 Å². The largest absolute Gasteiger partial charge is 0.353 e. The summed E-state index contributed by atoms with van der Waals surface area (Å²) in [5, 5.41) is 6.17. The summed E-state index contributed by atoms with van der Waals surface area (Å²) in [6.07, 6.45) is 6.56. The van der Waals surface area contributed by atoms with Gasteiger partial charge in [0.25, 0.3) is 5.91 Å². The fourth-order valence-corrected chi connectivity index (χ4v) is 2.41. The van der Waals surface area contributed by atoms with Gasteiger partial charge in [-0.05, 0) is 40.5 Å². The average Bonchev–Trinajstić information content (AvgIpc) is 2.54. The van der Waals surface area contributed by atoms with Crippen molar-refractivity contribution in [2.24, 2.45) is 0 Å². The van der Waals surface area contributed by atoms with Gasteiger partial charge < -0.3 is 10.6 Å². The van der Waals surface area contributed by atoms with Gasteiger partial charge in [0, 0.05) is 17.2 Å². The molecule has 1 amide bonds. The Balaban J connectivity index is 2.00. The summed E-state index contributed by atoms with van der Waals surface area (Å²) in [6.45, 7) is 2.84. The van der Waals surface area contributed by atoms with Crippen LogP contribution in [0.2, 0.25) is 0 Å². The summed E-state index contributed by atoms with van der Waals surface area (Å²) < 4.78 is 0.962. The minimum absolute atomic E-state index is 0.0839. The van der Waals surface area contributed by atoms with E-state index < -0.39 is 0 Å². The van der Waals surface area contributed by atoms with E-state index in [2.05, 4.69) is 38.5 Å². The minimum Gasteiger partial charge on any atom is -0.353 e. The summed E-state index contributed by atoms with van der Waals surface area (Å²) in [5.41, 5.74) is 2.28. The third-order valence-corrected chi connectivity index (χ3v) is 3.91. The molecule has 0 spiro atoms. The van der Waals surface area contributed by atoms with E-state index in [1.54, 1.807) is 12.4 Å². The maximum atomic E-state index is 12.1. The first-order valence-corrected chi connectivity index (χ1v) is 8.25. The molecule has 5 heteroatoms. The standard InChI is InChI=1S/C17H20BrN3O/c1-2-3-6-9-20-17(22)13-10-14(12-19-11-13)21-16-8-5-4-7-15(16)18/h4-5,7-8,10-12,21H,2-3,6,9H2,1H3,(H,20,22). The van der Waals surface area contributed by atoms with Gasteiger partial charge in [-0.1, -0.05) is 31.9 Å². The normalized spacial score (nSPS) is 10.3. The van der Waals surface area contributed by atoms with Gasteiger partial charge >= 0.3 is 0 Å². The molecule has 0 bridgehead atoms. The Hall–Kier alpha value is -1.88. The fraction of sp³-hybridized carbons (Fsp3) is 0.294. The first-order chi connectivity index (χ1) is 10.7. The average molecular weight is 362 g/mol. The molecule has 116 valence electrons. The molecule has 2 rings (SSSR count). The Morgan fingerprint density at radius 3 is 2.82 bits per heavy atom. The summed E-state index contributed by atoms with van der Waals surface area (Å²) in [7, 11) is 0. The Morgan fingerprint density at radius 1 is 1.23 bits per heavy atom. The highest BCUT2D eigenvalue weighted by Crippen LogP contribution is 2.25. The zero-order valence-corrected chi connectivity index (χ0v) is 14.2. The molecule has 2 aromatic rings. The van der Waals surface area contributed by atoms with Crippen LogP contribution in [0.1, 0.15) is 36.5 Å². The Kier molecular flexibility index (Phi) is 6.40. The van der Waals surface area contributed by atoms with E-state index >= 15 is 0 Å². The van der Waals surface area contributed by atoms with Gasteiger partial charge in [-0.25, -0.2) is 0 Å². The number of amides is 1. The predicted molar refractivity (Wildman–Crippen MR) is 93.5 cm³/mol. The molecule has 0 aliphatic rings. The zero-order valence-electron chi connectivity index (χ0n) is 12.6. The molecule has 0 aliphatic heterocycles. The van der Waals surface area contributed by atoms with Crippen molar-refractivity contribution in [1.29, 1.82) is 0 Å². The van der Waals surface area contributed by atoms with Crippen LogP contribution >= 0.6 is 15.9 Å². The lowest BCUT2D eigenvalue weighted by atomic mass is 10.2. The lowest BCUT2D eigenvalue weighted by Crippen LogP contribution is -2.24. The molecule has 22 heavy (non-hydrogen) atoms. The van der Waals surface area contributed by atoms with Gasteiger partial charge in [0.1, 0.15) is 0 Å². The van der Waals surface area contributed by atoms with Crippen molar-refractivity contribution in [3.8, 4) is 0 Å². The number of carbonyl (C=O) groups excluding carboxylic acids is 1. The summed E-state index contributed by atoms with van der Waals surface area (Å²) in [5.74, 6) is -0.0839. The SMILES string of the molecule is CCCCCNC(=O)c1cncc(Nc2ccccc2Br)c1. The lowest BCUT2D eigenvalue weighted by Gasteiger charge is -2.10. The van der Waals surface area contributed by atoms with Crippen LogP contribution in [0.4, 0.5) is 11.4 Å². The van der Waals surface area contributed by atoms with Gasteiger partial charge in [-0.2, -0.15) is 0 Å². The highest BCUT2D eigenvalue weighted by atomic mass is 79.9. The molecule has 1 aromatic heterocycles. The fourth-order valence-electron chi connectivity index (χ4n) is 2.03. The first kappa shape index (κ1) is 16.5. The maximum absolute atomic E-state index is 12.1. The second kappa shape index (κ2) is 8.54. The molecule has 0 unspecified atom stereocenters. The number of aromatic nitrogens is 1. The van der Waals surface area contributed by atoms with Crippen molar-refractivity contribution in [2.75, 3.05) is 11.9 Å². The third kappa shape index (κ3) is 4.84. The van der Waals surface area contributed by atoms with Crippen molar-refractivity contribution in [3.63, 3.8) is 0 Å². The molecule has 0 aliphatic carbocycles. The molecule has 0 atom stereocenters. The number of rotatable bonds is 7. The van der Waals surface area contributed by atoms with Gasteiger partial charge in [-0.15, -0.1) is 0 Å². The predicted octanol–water partition coefficient (Wildman–Crippen LogP) is 4.51. The highest BCUT2D eigenvalue weighted by molar-refractivity contribution is 9.10. The van der Waals surface area contributed by atoms with Crippen LogP contribution in [0.15, 0.2) is 47.2 Å². The molecule has 4 nitrogen and oxygen atoms in total. The molecule has 1 aromatic carbocycles. The van der Waals surface area contributed by atoms with Gasteiger partial charge in [0.05, 0.1) is 23.1 Å². The van der Waals surface area contributed by atoms with E-state index in [1.807, 2.05) is 30.3 Å². The smallest absolute Gasteiger partial charge is 0.252 e. The van der Waals surface area contributed by atoms with Gasteiger partial charge in [0.15, 0.2) is 0 Å². The van der Waals surface area contributed by atoms with Crippen LogP contribution in [-0.2, 0) is 0 Å². The van der Waals surface area contributed by atoms with Crippen LogP contribution in [0.3, 0.4) is 0 Å². The van der Waals surface area contributed by atoms with E-state index in [4.69, 9.17) is 0 Å². The van der Waals surface area contributed by atoms with Crippen LogP contribution in [0.25, 0.3) is 0 Å². The Labute approximate surface area is 139 Å².